The summed E-state index contributed by atoms with van der Waals surface area (Å²) in [5.41, 5.74) is 0.787. The first-order valence-corrected chi connectivity index (χ1v) is 4.72. The third-order valence-corrected chi connectivity index (χ3v) is 2.33. The first-order valence-electron chi connectivity index (χ1n) is 4.72. The zero-order chi connectivity index (χ0) is 10.6. The van der Waals surface area contributed by atoms with Crippen LogP contribution in [0.3, 0.4) is 0 Å². The van der Waals surface area contributed by atoms with Gasteiger partial charge >= 0.3 is 11.9 Å². The van der Waals surface area contributed by atoms with Crippen LogP contribution in [0.25, 0.3) is 0 Å². The Morgan fingerprint density at radius 1 is 1.71 bits per heavy atom. The van der Waals surface area contributed by atoms with Crippen LogP contribution in [0.2, 0.25) is 0 Å². The Kier molecular flexibility index (Phi) is 3.68. The van der Waals surface area contributed by atoms with Crippen LogP contribution in [0, 0.1) is 5.92 Å². The highest BCUT2D eigenvalue weighted by Gasteiger charge is 2.23. The lowest BCUT2D eigenvalue weighted by molar-refractivity contribution is -0.147. The molecule has 1 fully saturated rings. The maximum absolute atomic E-state index is 11.3. The molecule has 1 saturated heterocycles. The molecule has 0 amide bonds. The van der Waals surface area contributed by atoms with E-state index in [4.69, 9.17) is 9.84 Å². The maximum Gasteiger partial charge on any atom is 0.328 e. The molecule has 1 aliphatic heterocycles. The summed E-state index contributed by atoms with van der Waals surface area (Å²) in [6, 6.07) is 0. The van der Waals surface area contributed by atoms with Gasteiger partial charge in [0.05, 0.1) is 12.5 Å². The average molecular weight is 198 g/mol. The minimum absolute atomic E-state index is 0.178. The topological polar surface area (TPSA) is 63.6 Å². The van der Waals surface area contributed by atoms with Crippen LogP contribution >= 0.6 is 0 Å². The molecular formula is C10H14O4. The molecule has 1 heterocycles. The summed E-state index contributed by atoms with van der Waals surface area (Å²) < 4.78 is 4.95. The Labute approximate surface area is 82.6 Å². The second-order valence-corrected chi connectivity index (χ2v) is 3.37. The van der Waals surface area contributed by atoms with Gasteiger partial charge in [-0.15, -0.1) is 0 Å². The van der Waals surface area contributed by atoms with Crippen molar-refractivity contribution in [1.82, 2.24) is 0 Å². The molecule has 0 aromatic heterocycles. The summed E-state index contributed by atoms with van der Waals surface area (Å²) >= 11 is 0. The van der Waals surface area contributed by atoms with Crippen LogP contribution < -0.4 is 0 Å². The number of cyclic esters (lactones) is 1. The number of esters is 1. The van der Waals surface area contributed by atoms with E-state index in [1.165, 1.54) is 6.08 Å². The van der Waals surface area contributed by atoms with E-state index in [1.807, 2.05) is 6.92 Å². The number of ether oxygens (including phenoxy) is 1. The Balaban J connectivity index is 2.73. The summed E-state index contributed by atoms with van der Waals surface area (Å²) in [6.45, 7) is 2.20. The average Bonchev–Trinajstić information content (AvgIpc) is 2.27. The fourth-order valence-electron chi connectivity index (χ4n) is 1.52. The van der Waals surface area contributed by atoms with E-state index in [0.717, 1.165) is 5.57 Å². The van der Waals surface area contributed by atoms with E-state index in [-0.39, 0.29) is 11.9 Å². The van der Waals surface area contributed by atoms with Crippen molar-refractivity contribution in [1.29, 1.82) is 0 Å². The first-order chi connectivity index (χ1) is 6.63. The second-order valence-electron chi connectivity index (χ2n) is 3.37. The molecule has 4 heteroatoms. The van der Waals surface area contributed by atoms with Gasteiger partial charge in [0.15, 0.2) is 0 Å². The van der Waals surface area contributed by atoms with Crippen molar-refractivity contribution >= 4 is 11.9 Å². The monoisotopic (exact) mass is 198 g/mol. The summed E-state index contributed by atoms with van der Waals surface area (Å²) in [6.07, 6.45) is 2.93. The third-order valence-electron chi connectivity index (χ3n) is 2.33. The van der Waals surface area contributed by atoms with Crippen LogP contribution in [0.15, 0.2) is 11.6 Å². The largest absolute Gasteiger partial charge is 0.478 e. The third kappa shape index (κ3) is 2.87. The molecule has 0 aromatic carbocycles. The van der Waals surface area contributed by atoms with Gasteiger partial charge in [0.25, 0.3) is 0 Å². The predicted octanol–water partition coefficient (Wildman–Crippen LogP) is 1.36. The van der Waals surface area contributed by atoms with Crippen LogP contribution in [-0.2, 0) is 14.3 Å². The summed E-state index contributed by atoms with van der Waals surface area (Å²) in [5.74, 6) is -1.34. The summed E-state index contributed by atoms with van der Waals surface area (Å²) in [7, 11) is 0. The molecule has 1 aliphatic rings. The van der Waals surface area contributed by atoms with Gasteiger partial charge in [-0.1, -0.05) is 12.5 Å². The smallest absolute Gasteiger partial charge is 0.328 e. The number of rotatable bonds is 2. The van der Waals surface area contributed by atoms with Gasteiger partial charge in [0.1, 0.15) is 0 Å². The number of hydrogen-bond acceptors (Lipinski definition) is 3. The highest BCUT2D eigenvalue weighted by atomic mass is 16.5. The van der Waals surface area contributed by atoms with Crippen LogP contribution in [0.5, 0.6) is 0 Å². The van der Waals surface area contributed by atoms with E-state index in [2.05, 4.69) is 0 Å². The van der Waals surface area contributed by atoms with Gasteiger partial charge in [-0.2, -0.15) is 0 Å². The minimum Gasteiger partial charge on any atom is -0.478 e. The van der Waals surface area contributed by atoms with Crippen LogP contribution in [0.1, 0.15) is 26.2 Å². The van der Waals surface area contributed by atoms with E-state index in [0.29, 0.717) is 25.9 Å². The van der Waals surface area contributed by atoms with Crippen molar-refractivity contribution in [3.8, 4) is 0 Å². The lowest BCUT2D eigenvalue weighted by Crippen LogP contribution is -2.14. The van der Waals surface area contributed by atoms with Crippen molar-refractivity contribution in [2.75, 3.05) is 6.61 Å². The van der Waals surface area contributed by atoms with E-state index >= 15 is 0 Å². The number of carboxylic acid groups (broad SMARTS) is 1. The first kappa shape index (κ1) is 10.8. The van der Waals surface area contributed by atoms with Gasteiger partial charge in [0, 0.05) is 12.5 Å². The predicted molar refractivity (Wildman–Crippen MR) is 49.7 cm³/mol. The normalized spacial score (nSPS) is 25.6. The molecule has 78 valence electrons. The molecule has 0 aliphatic carbocycles. The highest BCUT2D eigenvalue weighted by Crippen LogP contribution is 2.22. The van der Waals surface area contributed by atoms with Crippen molar-refractivity contribution in [3.05, 3.63) is 11.6 Å². The van der Waals surface area contributed by atoms with Crippen molar-refractivity contribution in [2.24, 2.45) is 5.92 Å². The lowest BCUT2D eigenvalue weighted by atomic mass is 9.96. The Bertz CT molecular complexity index is 267. The lowest BCUT2D eigenvalue weighted by Gasteiger charge is -2.08. The molecular weight excluding hydrogens is 184 g/mol. The standard InChI is InChI=1S/C10H14O4/c1-2-8-5-7(6-9(11)12)3-4-14-10(8)13/h6,8H,2-5H2,1H3,(H,11,12)/b7-6+/t8-/m1/s1. The fraction of sp³-hybridized carbons (Fsp3) is 0.600. The van der Waals surface area contributed by atoms with E-state index < -0.39 is 5.97 Å². The summed E-state index contributed by atoms with van der Waals surface area (Å²) in [5, 5.41) is 8.58. The van der Waals surface area contributed by atoms with Gasteiger partial charge < -0.3 is 9.84 Å². The number of aliphatic carboxylic acids is 1. The van der Waals surface area contributed by atoms with E-state index in [9.17, 15) is 9.59 Å². The van der Waals surface area contributed by atoms with Crippen molar-refractivity contribution in [3.63, 3.8) is 0 Å². The second kappa shape index (κ2) is 4.79. The van der Waals surface area contributed by atoms with Gasteiger partial charge in [-0.05, 0) is 12.8 Å². The molecule has 4 nitrogen and oxygen atoms in total. The van der Waals surface area contributed by atoms with Gasteiger partial charge in [-0.25, -0.2) is 4.79 Å². The summed E-state index contributed by atoms with van der Waals surface area (Å²) in [4.78, 5) is 21.7. The molecule has 1 N–H and O–H groups in total. The Morgan fingerprint density at radius 3 is 3.00 bits per heavy atom. The number of carboxylic acids is 1. The van der Waals surface area contributed by atoms with Gasteiger partial charge in [0.2, 0.25) is 0 Å². The highest BCUT2D eigenvalue weighted by molar-refractivity contribution is 5.81. The molecule has 1 atom stereocenters. The van der Waals surface area contributed by atoms with Gasteiger partial charge in [-0.3, -0.25) is 4.79 Å². The molecule has 0 aromatic rings. The Hall–Kier alpha value is -1.32. The number of carbonyl (C=O) groups excluding carboxylic acids is 1. The molecule has 14 heavy (non-hydrogen) atoms. The molecule has 1 rings (SSSR count). The molecule has 0 unspecified atom stereocenters. The van der Waals surface area contributed by atoms with Crippen LogP contribution in [-0.4, -0.2) is 23.7 Å². The zero-order valence-corrected chi connectivity index (χ0v) is 8.16. The van der Waals surface area contributed by atoms with Crippen molar-refractivity contribution in [2.45, 2.75) is 26.2 Å². The minimum atomic E-state index is -0.954. The van der Waals surface area contributed by atoms with Crippen LogP contribution in [0.4, 0.5) is 0 Å². The number of carbonyl (C=O) groups is 2. The number of hydrogen-bond donors (Lipinski definition) is 1. The Morgan fingerprint density at radius 2 is 2.43 bits per heavy atom. The quantitative estimate of drug-likeness (QED) is 0.537. The molecule has 0 bridgehead atoms. The SMILES string of the molecule is CC[C@@H]1C/C(=C/C(=O)O)CCOC1=O. The maximum atomic E-state index is 11.3. The molecule has 0 spiro atoms. The molecule has 0 radical (unpaired) electrons. The van der Waals surface area contributed by atoms with Crippen molar-refractivity contribution < 1.29 is 19.4 Å². The zero-order valence-electron chi connectivity index (χ0n) is 8.16. The fourth-order valence-corrected chi connectivity index (χ4v) is 1.52. The van der Waals surface area contributed by atoms with E-state index in [1.54, 1.807) is 0 Å². The molecule has 0 saturated carbocycles.